The van der Waals surface area contributed by atoms with E-state index in [1.54, 1.807) is 17.1 Å². The molecule has 2 rings (SSSR count). The monoisotopic (exact) mass is 299 g/mol. The van der Waals surface area contributed by atoms with E-state index in [-0.39, 0.29) is 0 Å². The fourth-order valence-corrected chi connectivity index (χ4v) is 3.07. The molecule has 4 heteroatoms. The van der Waals surface area contributed by atoms with Gasteiger partial charge in [-0.15, -0.1) is 0 Å². The van der Waals surface area contributed by atoms with Gasteiger partial charge in [0, 0.05) is 12.5 Å². The van der Waals surface area contributed by atoms with Crippen molar-refractivity contribution in [3.8, 4) is 0 Å². The van der Waals surface area contributed by atoms with E-state index in [0.29, 0.717) is 24.0 Å². The van der Waals surface area contributed by atoms with E-state index in [0.717, 1.165) is 18.5 Å². The van der Waals surface area contributed by atoms with Crippen molar-refractivity contribution in [1.29, 1.82) is 0 Å². The van der Waals surface area contributed by atoms with Crippen molar-refractivity contribution in [3.63, 3.8) is 0 Å². The highest BCUT2D eigenvalue weighted by Crippen LogP contribution is 2.36. The minimum Gasteiger partial charge on any atom is -0.512 e. The van der Waals surface area contributed by atoms with Crippen molar-refractivity contribution in [3.05, 3.63) is 54.4 Å². The zero-order valence-electron chi connectivity index (χ0n) is 13.7. The summed E-state index contributed by atoms with van der Waals surface area (Å²) in [6, 6.07) is 0. The van der Waals surface area contributed by atoms with Crippen LogP contribution in [0, 0.1) is 11.8 Å². The number of allylic oxidation sites excluding steroid dienone is 7. The van der Waals surface area contributed by atoms with Crippen LogP contribution in [0.3, 0.4) is 0 Å². The summed E-state index contributed by atoms with van der Waals surface area (Å²) in [5.74, 6) is 1.13. The van der Waals surface area contributed by atoms with Gasteiger partial charge in [-0.05, 0) is 45.4 Å². The normalized spacial score (nSPS) is 23.3. The van der Waals surface area contributed by atoms with Gasteiger partial charge in [0.05, 0.1) is 11.5 Å². The third kappa shape index (κ3) is 3.97. The van der Waals surface area contributed by atoms with E-state index in [9.17, 15) is 5.11 Å². The Hall–Kier alpha value is -2.10. The first-order valence-electron chi connectivity index (χ1n) is 7.74. The summed E-state index contributed by atoms with van der Waals surface area (Å²) in [5.41, 5.74) is 3.42. The summed E-state index contributed by atoms with van der Waals surface area (Å²) in [4.78, 5) is 3.94. The van der Waals surface area contributed by atoms with Crippen LogP contribution in [0.4, 0.5) is 0 Å². The number of aliphatic hydroxyl groups is 1. The van der Waals surface area contributed by atoms with Crippen LogP contribution in [0.5, 0.6) is 0 Å². The number of aromatic nitrogens is 3. The lowest BCUT2D eigenvalue weighted by atomic mass is 9.76. The number of aliphatic hydroxyl groups excluding tert-OH is 1. The Balaban J connectivity index is 2.15. The van der Waals surface area contributed by atoms with Crippen molar-refractivity contribution >= 4 is 5.70 Å². The second kappa shape index (κ2) is 7.25. The van der Waals surface area contributed by atoms with Gasteiger partial charge in [-0.3, -0.25) is 0 Å². The predicted octanol–water partition coefficient (Wildman–Crippen LogP) is 4.52. The third-order valence-electron chi connectivity index (χ3n) is 4.24. The van der Waals surface area contributed by atoms with Crippen LogP contribution in [-0.4, -0.2) is 19.9 Å². The van der Waals surface area contributed by atoms with Gasteiger partial charge < -0.3 is 5.11 Å². The number of rotatable bonds is 5. The molecular formula is C18H25N3O. The lowest BCUT2D eigenvalue weighted by molar-refractivity contribution is 0.321. The Labute approximate surface area is 132 Å². The van der Waals surface area contributed by atoms with Gasteiger partial charge in [-0.25, -0.2) is 9.67 Å². The van der Waals surface area contributed by atoms with Gasteiger partial charge >= 0.3 is 0 Å². The molecule has 0 radical (unpaired) electrons. The molecule has 0 aliphatic heterocycles. The molecule has 0 bridgehead atoms. The summed E-state index contributed by atoms with van der Waals surface area (Å²) in [6.45, 7) is 10.3. The van der Waals surface area contributed by atoms with Gasteiger partial charge in [-0.1, -0.05) is 29.9 Å². The fourth-order valence-electron chi connectivity index (χ4n) is 3.07. The van der Waals surface area contributed by atoms with Crippen LogP contribution in [-0.2, 0) is 0 Å². The zero-order valence-corrected chi connectivity index (χ0v) is 13.7. The van der Waals surface area contributed by atoms with E-state index in [4.69, 9.17) is 0 Å². The number of nitrogens with zero attached hydrogens (tertiary/aromatic N) is 3. The van der Waals surface area contributed by atoms with Crippen LogP contribution >= 0.6 is 0 Å². The van der Waals surface area contributed by atoms with Crippen LogP contribution in [0.15, 0.2) is 54.4 Å². The van der Waals surface area contributed by atoms with Crippen molar-refractivity contribution < 1.29 is 5.11 Å². The van der Waals surface area contributed by atoms with Crippen LogP contribution in [0.25, 0.3) is 5.70 Å². The van der Waals surface area contributed by atoms with Gasteiger partial charge in [0.25, 0.3) is 0 Å². The molecule has 0 fully saturated rings. The minimum atomic E-state index is 0.316. The first-order valence-corrected chi connectivity index (χ1v) is 7.74. The second-order valence-electron chi connectivity index (χ2n) is 6.06. The molecule has 1 N–H and O–H groups in total. The van der Waals surface area contributed by atoms with Crippen LogP contribution < -0.4 is 0 Å². The molecule has 2 atom stereocenters. The highest BCUT2D eigenvalue weighted by atomic mass is 16.3. The molecule has 4 nitrogen and oxygen atoms in total. The van der Waals surface area contributed by atoms with Crippen LogP contribution in [0.1, 0.15) is 40.0 Å². The topological polar surface area (TPSA) is 50.9 Å². The minimum absolute atomic E-state index is 0.316. The molecule has 1 aromatic heterocycles. The quantitative estimate of drug-likeness (QED) is 0.494. The van der Waals surface area contributed by atoms with E-state index in [1.807, 2.05) is 13.0 Å². The molecule has 1 aromatic rings. The van der Waals surface area contributed by atoms with Gasteiger partial charge in [0.1, 0.15) is 12.7 Å². The Bertz CT molecular complexity index is 608. The predicted molar refractivity (Wildman–Crippen MR) is 90.1 cm³/mol. The lowest BCUT2D eigenvalue weighted by Gasteiger charge is -2.30. The smallest absolute Gasteiger partial charge is 0.138 e. The maximum absolute atomic E-state index is 10.4. The first kappa shape index (κ1) is 16.3. The van der Waals surface area contributed by atoms with Crippen molar-refractivity contribution in [2.75, 3.05) is 0 Å². The standard InChI is InChI=1S/C18H25N3O/c1-5-16(21-12-19-11-20-21)10-17(22)9-15-8-14(4)6-7-18(15)13(2)3/h5,8,10-12,15,18,22H,2,6-7,9H2,1,3-4H3/b16-5+,17-10+/t15-,18-/m0/s1. The molecule has 0 amide bonds. The molecule has 0 unspecified atom stereocenters. The Morgan fingerprint density at radius 2 is 2.32 bits per heavy atom. The molecule has 22 heavy (non-hydrogen) atoms. The SMILES string of the molecule is C=C(C)[C@@H]1CCC(C)=C[C@H]1C/C(O)=C\C(=C/C)n1cncn1. The maximum Gasteiger partial charge on any atom is 0.138 e. The second-order valence-corrected chi connectivity index (χ2v) is 6.06. The number of hydrogen-bond donors (Lipinski definition) is 1. The van der Waals surface area contributed by atoms with Crippen molar-refractivity contribution in [2.45, 2.75) is 40.0 Å². The molecule has 1 aliphatic carbocycles. The summed E-state index contributed by atoms with van der Waals surface area (Å²) in [5, 5.41) is 14.5. The highest BCUT2D eigenvalue weighted by Gasteiger charge is 2.25. The molecule has 0 spiro atoms. The van der Waals surface area contributed by atoms with Crippen LogP contribution in [0.2, 0.25) is 0 Å². The first-order chi connectivity index (χ1) is 10.5. The lowest BCUT2D eigenvalue weighted by Crippen LogP contribution is -2.19. The molecule has 1 heterocycles. The van der Waals surface area contributed by atoms with Crippen molar-refractivity contribution in [2.24, 2.45) is 11.8 Å². The molecule has 0 saturated heterocycles. The maximum atomic E-state index is 10.4. The summed E-state index contributed by atoms with van der Waals surface area (Å²) in [7, 11) is 0. The Kier molecular flexibility index (Phi) is 5.36. The molecular weight excluding hydrogens is 274 g/mol. The highest BCUT2D eigenvalue weighted by molar-refractivity contribution is 5.55. The average Bonchev–Trinajstić information content (AvgIpc) is 2.98. The van der Waals surface area contributed by atoms with E-state index in [2.05, 4.69) is 36.6 Å². The molecule has 0 aromatic carbocycles. The fraction of sp³-hybridized carbons (Fsp3) is 0.444. The van der Waals surface area contributed by atoms with Gasteiger partial charge in [0.2, 0.25) is 0 Å². The molecule has 118 valence electrons. The van der Waals surface area contributed by atoms with Gasteiger partial charge in [-0.2, -0.15) is 5.10 Å². The zero-order chi connectivity index (χ0) is 16.1. The summed E-state index contributed by atoms with van der Waals surface area (Å²) >= 11 is 0. The molecule has 0 saturated carbocycles. The number of hydrogen-bond acceptors (Lipinski definition) is 3. The van der Waals surface area contributed by atoms with E-state index < -0.39 is 0 Å². The Morgan fingerprint density at radius 3 is 2.91 bits per heavy atom. The van der Waals surface area contributed by atoms with E-state index >= 15 is 0 Å². The Morgan fingerprint density at radius 1 is 1.55 bits per heavy atom. The van der Waals surface area contributed by atoms with Crippen molar-refractivity contribution in [1.82, 2.24) is 14.8 Å². The average molecular weight is 299 g/mol. The molecule has 1 aliphatic rings. The van der Waals surface area contributed by atoms with Gasteiger partial charge in [0.15, 0.2) is 0 Å². The third-order valence-corrected chi connectivity index (χ3v) is 4.24. The summed E-state index contributed by atoms with van der Waals surface area (Å²) < 4.78 is 1.65. The van der Waals surface area contributed by atoms with E-state index in [1.165, 1.54) is 17.5 Å². The summed E-state index contributed by atoms with van der Waals surface area (Å²) in [6.07, 6.45) is 11.9. The largest absolute Gasteiger partial charge is 0.512 e.